The fourth-order valence-electron chi connectivity index (χ4n) is 2.17. The number of amides is 1. The molecule has 136 valence electrons. The van der Waals surface area contributed by atoms with Gasteiger partial charge in [0.05, 0.1) is 16.1 Å². The third-order valence-electron chi connectivity index (χ3n) is 3.38. The first kappa shape index (κ1) is 18.2. The normalized spacial score (nSPS) is 12.3. The Morgan fingerprint density at radius 1 is 1.15 bits per heavy atom. The molecule has 0 radical (unpaired) electrons. The Labute approximate surface area is 150 Å². The number of aromatic nitrogens is 2. The van der Waals surface area contributed by atoms with E-state index in [4.69, 9.17) is 11.6 Å². The molecule has 0 saturated carbocycles. The van der Waals surface area contributed by atoms with Gasteiger partial charge in [-0.25, -0.2) is 17.7 Å². The second-order valence-electron chi connectivity index (χ2n) is 5.18. The lowest BCUT2D eigenvalue weighted by molar-refractivity contribution is -0.137. The number of carbonyl (C=O) groups excluding carboxylic acids is 1. The maximum Gasteiger partial charge on any atom is 0.416 e. The van der Waals surface area contributed by atoms with Crippen molar-refractivity contribution in [1.82, 2.24) is 14.3 Å². The van der Waals surface area contributed by atoms with E-state index in [2.05, 4.69) is 5.10 Å². The van der Waals surface area contributed by atoms with Gasteiger partial charge in [0.15, 0.2) is 5.69 Å². The molecule has 3 rings (SSSR count). The van der Waals surface area contributed by atoms with Crippen LogP contribution in [0.2, 0.25) is 5.02 Å². The molecule has 0 saturated heterocycles. The van der Waals surface area contributed by atoms with Gasteiger partial charge in [0.25, 0.3) is 15.9 Å². The summed E-state index contributed by atoms with van der Waals surface area (Å²) in [5.74, 6) is -1.10. The highest BCUT2D eigenvalue weighted by molar-refractivity contribution is 7.90. The van der Waals surface area contributed by atoms with E-state index in [1.54, 1.807) is 4.72 Å². The fraction of sp³-hybridized carbons (Fsp3) is 0.0667. The van der Waals surface area contributed by atoms with Crippen LogP contribution in [0.25, 0.3) is 5.52 Å². The van der Waals surface area contributed by atoms with E-state index in [1.807, 2.05) is 0 Å². The number of nitrogens with one attached hydrogen (secondary N) is 1. The molecule has 11 heteroatoms. The first-order valence-electron chi connectivity index (χ1n) is 6.96. The molecule has 2 heterocycles. The van der Waals surface area contributed by atoms with Crippen molar-refractivity contribution in [2.75, 3.05) is 0 Å². The van der Waals surface area contributed by atoms with E-state index in [9.17, 15) is 26.4 Å². The molecule has 26 heavy (non-hydrogen) atoms. The number of halogens is 4. The van der Waals surface area contributed by atoms with Crippen molar-refractivity contribution in [2.45, 2.75) is 11.1 Å². The Bertz CT molecular complexity index is 1110. The van der Waals surface area contributed by atoms with Gasteiger partial charge in [0, 0.05) is 6.20 Å². The molecule has 0 aliphatic heterocycles. The van der Waals surface area contributed by atoms with E-state index >= 15 is 0 Å². The molecule has 0 unspecified atom stereocenters. The lowest BCUT2D eigenvalue weighted by Gasteiger charge is -2.06. The summed E-state index contributed by atoms with van der Waals surface area (Å²) in [5.41, 5.74) is -1.29. The monoisotopic (exact) mass is 403 g/mol. The summed E-state index contributed by atoms with van der Waals surface area (Å²) in [6.45, 7) is 0. The molecule has 0 bridgehead atoms. The van der Waals surface area contributed by atoms with Crippen molar-refractivity contribution in [3.8, 4) is 0 Å². The number of hydrogen-bond acceptors (Lipinski definition) is 4. The molecule has 6 nitrogen and oxygen atoms in total. The van der Waals surface area contributed by atoms with Crippen LogP contribution < -0.4 is 4.72 Å². The maximum absolute atomic E-state index is 12.7. The van der Waals surface area contributed by atoms with Crippen LogP contribution in [0.15, 0.2) is 53.6 Å². The zero-order valence-electron chi connectivity index (χ0n) is 12.7. The third kappa shape index (κ3) is 3.51. The average Bonchev–Trinajstić information content (AvgIpc) is 2.97. The Kier molecular flexibility index (Phi) is 4.41. The van der Waals surface area contributed by atoms with Crippen LogP contribution in [0.4, 0.5) is 13.2 Å². The van der Waals surface area contributed by atoms with Gasteiger partial charge < -0.3 is 0 Å². The summed E-state index contributed by atoms with van der Waals surface area (Å²) in [5, 5.41) is 3.69. The second-order valence-corrected chi connectivity index (χ2v) is 7.24. The Morgan fingerprint density at radius 2 is 1.85 bits per heavy atom. The minimum Gasteiger partial charge on any atom is -0.266 e. The first-order chi connectivity index (χ1) is 12.1. The largest absolute Gasteiger partial charge is 0.416 e. The topological polar surface area (TPSA) is 80.5 Å². The molecule has 1 N–H and O–H groups in total. The van der Waals surface area contributed by atoms with Gasteiger partial charge in [-0.3, -0.25) is 4.79 Å². The lowest BCUT2D eigenvalue weighted by atomic mass is 10.2. The zero-order chi connectivity index (χ0) is 19.1. The number of hydrogen-bond donors (Lipinski definition) is 1. The lowest BCUT2D eigenvalue weighted by Crippen LogP contribution is -2.31. The van der Waals surface area contributed by atoms with E-state index in [-0.39, 0.29) is 21.1 Å². The third-order valence-corrected chi connectivity index (χ3v) is 5.21. The Balaban J connectivity index is 1.92. The van der Waals surface area contributed by atoms with Crippen LogP contribution in [0.5, 0.6) is 0 Å². The average molecular weight is 404 g/mol. The van der Waals surface area contributed by atoms with Crippen molar-refractivity contribution in [2.24, 2.45) is 0 Å². The number of benzene rings is 1. The highest BCUT2D eigenvalue weighted by Gasteiger charge is 2.31. The molecule has 0 spiro atoms. The molecule has 1 amide bonds. The van der Waals surface area contributed by atoms with Crippen molar-refractivity contribution in [1.29, 1.82) is 0 Å². The number of sulfonamides is 1. The Morgan fingerprint density at radius 3 is 2.50 bits per heavy atom. The summed E-state index contributed by atoms with van der Waals surface area (Å²) in [6.07, 6.45) is -3.53. The fourth-order valence-corrected chi connectivity index (χ4v) is 3.66. The zero-order valence-corrected chi connectivity index (χ0v) is 14.2. The summed E-state index contributed by atoms with van der Waals surface area (Å²) in [4.78, 5) is 11.9. The van der Waals surface area contributed by atoms with E-state index in [1.165, 1.54) is 24.3 Å². The van der Waals surface area contributed by atoms with Crippen LogP contribution in [-0.4, -0.2) is 23.9 Å². The molecule has 0 fully saturated rings. The van der Waals surface area contributed by atoms with Crippen molar-refractivity contribution in [3.05, 3.63) is 64.9 Å². The van der Waals surface area contributed by atoms with Crippen molar-refractivity contribution < 1.29 is 26.4 Å². The van der Waals surface area contributed by atoms with Gasteiger partial charge in [0.2, 0.25) is 0 Å². The summed E-state index contributed by atoms with van der Waals surface area (Å²) < 4.78 is 65.5. The van der Waals surface area contributed by atoms with Crippen LogP contribution >= 0.6 is 11.6 Å². The Hall–Kier alpha value is -2.59. The minimum atomic E-state index is -4.55. The summed E-state index contributed by atoms with van der Waals surface area (Å²) in [7, 11) is -4.27. The predicted molar refractivity (Wildman–Crippen MR) is 86.3 cm³/mol. The number of fused-ring (bicyclic) bond motifs is 1. The summed E-state index contributed by atoms with van der Waals surface area (Å²) >= 11 is 5.81. The van der Waals surface area contributed by atoms with Gasteiger partial charge in [-0.2, -0.15) is 18.3 Å². The van der Waals surface area contributed by atoms with Gasteiger partial charge in [0.1, 0.15) is 4.90 Å². The second kappa shape index (κ2) is 6.29. The number of rotatable bonds is 3. The maximum atomic E-state index is 12.7. The number of alkyl halides is 3. The smallest absolute Gasteiger partial charge is 0.266 e. The molecular formula is C15H9ClF3N3O3S. The number of nitrogens with zero attached hydrogens (tertiary/aromatic N) is 2. The highest BCUT2D eigenvalue weighted by atomic mass is 35.5. The van der Waals surface area contributed by atoms with Gasteiger partial charge in [-0.05, 0) is 30.3 Å². The van der Waals surface area contributed by atoms with Crippen molar-refractivity contribution >= 4 is 33.0 Å². The first-order valence-corrected chi connectivity index (χ1v) is 8.82. The van der Waals surface area contributed by atoms with E-state index < -0.39 is 27.7 Å². The minimum absolute atomic E-state index is 0.0138. The van der Waals surface area contributed by atoms with Gasteiger partial charge in [-0.15, -0.1) is 0 Å². The molecule has 0 aliphatic rings. The van der Waals surface area contributed by atoms with Crippen LogP contribution in [0.1, 0.15) is 16.1 Å². The number of carbonyl (C=O) groups is 1. The van der Waals surface area contributed by atoms with Crippen molar-refractivity contribution in [3.63, 3.8) is 0 Å². The van der Waals surface area contributed by atoms with Crippen LogP contribution in [0.3, 0.4) is 0 Å². The standard InChI is InChI=1S/C15H9ClF3N3O3S/c16-11-3-1-2-4-13(11)26(24,25)21-14(23)12-8-10-7-9(15(17,18)19)5-6-22(10)20-12/h1-8H,(H,21,23). The van der Waals surface area contributed by atoms with E-state index in [0.29, 0.717) is 0 Å². The molecular weight excluding hydrogens is 395 g/mol. The predicted octanol–water partition coefficient (Wildman–Crippen LogP) is 3.13. The quantitative estimate of drug-likeness (QED) is 0.728. The van der Waals surface area contributed by atoms with Gasteiger partial charge >= 0.3 is 6.18 Å². The number of pyridine rings is 1. The molecule has 0 atom stereocenters. The molecule has 2 aromatic heterocycles. The highest BCUT2D eigenvalue weighted by Crippen LogP contribution is 2.29. The molecule has 3 aromatic rings. The molecule has 1 aromatic carbocycles. The molecule has 0 aliphatic carbocycles. The van der Waals surface area contributed by atoms with E-state index in [0.717, 1.165) is 28.9 Å². The van der Waals surface area contributed by atoms with Crippen LogP contribution in [0, 0.1) is 0 Å². The summed E-state index contributed by atoms with van der Waals surface area (Å²) in [6, 6.07) is 8.13. The van der Waals surface area contributed by atoms with Gasteiger partial charge in [-0.1, -0.05) is 23.7 Å². The SMILES string of the molecule is O=C(NS(=O)(=O)c1ccccc1Cl)c1cc2cc(C(F)(F)F)ccn2n1. The van der Waals surface area contributed by atoms with Crippen LogP contribution in [-0.2, 0) is 16.2 Å².